The summed E-state index contributed by atoms with van der Waals surface area (Å²) in [5.41, 5.74) is 0.0810. The molecule has 2 N–H and O–H groups in total. The van der Waals surface area contributed by atoms with Crippen LogP contribution in [0.3, 0.4) is 0 Å². The Balaban J connectivity index is 2.40. The standard InChI is InChI=1S/C14H18BrNO3/c1-14(2,13(18)19)9-12(17)16-8-7-10-5-3-4-6-11(10)15/h3-6H,7-9H2,1-2H3,(H,16,17)(H,18,19). The number of nitrogens with one attached hydrogen (secondary N) is 1. The van der Waals surface area contributed by atoms with Gasteiger partial charge >= 0.3 is 5.97 Å². The number of halogens is 1. The SMILES string of the molecule is CC(C)(CC(=O)NCCc1ccccc1Br)C(=O)O. The van der Waals surface area contributed by atoms with Gasteiger partial charge in [0.05, 0.1) is 5.41 Å². The zero-order valence-electron chi connectivity index (χ0n) is 11.1. The highest BCUT2D eigenvalue weighted by atomic mass is 79.9. The average Bonchev–Trinajstić information content (AvgIpc) is 2.30. The number of carbonyl (C=O) groups is 2. The first kappa shape index (κ1) is 15.7. The van der Waals surface area contributed by atoms with Crippen molar-refractivity contribution < 1.29 is 14.7 Å². The van der Waals surface area contributed by atoms with Crippen molar-refractivity contribution in [1.29, 1.82) is 0 Å². The quantitative estimate of drug-likeness (QED) is 0.844. The molecule has 1 aromatic rings. The lowest BCUT2D eigenvalue weighted by atomic mass is 9.89. The van der Waals surface area contributed by atoms with Crippen LogP contribution in [-0.2, 0) is 16.0 Å². The maximum Gasteiger partial charge on any atom is 0.309 e. The molecule has 0 saturated carbocycles. The molecule has 0 heterocycles. The fraction of sp³-hybridized carbons (Fsp3) is 0.429. The second kappa shape index (κ2) is 6.70. The van der Waals surface area contributed by atoms with Gasteiger partial charge in [0, 0.05) is 17.4 Å². The van der Waals surface area contributed by atoms with Crippen LogP contribution in [0.2, 0.25) is 0 Å². The van der Waals surface area contributed by atoms with Gasteiger partial charge in [-0.3, -0.25) is 9.59 Å². The van der Waals surface area contributed by atoms with Gasteiger partial charge in [-0.2, -0.15) is 0 Å². The highest BCUT2D eigenvalue weighted by molar-refractivity contribution is 9.10. The van der Waals surface area contributed by atoms with Gasteiger partial charge in [0.1, 0.15) is 0 Å². The van der Waals surface area contributed by atoms with Gasteiger partial charge in [-0.05, 0) is 31.9 Å². The van der Waals surface area contributed by atoms with Gasteiger partial charge < -0.3 is 10.4 Å². The van der Waals surface area contributed by atoms with Crippen LogP contribution in [0, 0.1) is 5.41 Å². The summed E-state index contributed by atoms with van der Waals surface area (Å²) in [5, 5.41) is 11.7. The van der Waals surface area contributed by atoms with Crippen molar-refractivity contribution in [3.05, 3.63) is 34.3 Å². The molecule has 104 valence electrons. The molecule has 1 aromatic carbocycles. The minimum atomic E-state index is -1.03. The fourth-order valence-electron chi connectivity index (χ4n) is 1.58. The lowest BCUT2D eigenvalue weighted by Gasteiger charge is -2.18. The molecule has 0 fully saturated rings. The monoisotopic (exact) mass is 327 g/mol. The summed E-state index contributed by atoms with van der Waals surface area (Å²) in [6.07, 6.45) is 0.693. The second-order valence-corrected chi connectivity index (χ2v) is 5.91. The van der Waals surface area contributed by atoms with Crippen LogP contribution >= 0.6 is 15.9 Å². The van der Waals surface area contributed by atoms with E-state index in [-0.39, 0.29) is 12.3 Å². The number of hydrogen-bond acceptors (Lipinski definition) is 2. The minimum Gasteiger partial charge on any atom is -0.481 e. The zero-order valence-corrected chi connectivity index (χ0v) is 12.7. The van der Waals surface area contributed by atoms with E-state index in [0.29, 0.717) is 13.0 Å². The first-order valence-electron chi connectivity index (χ1n) is 6.06. The van der Waals surface area contributed by atoms with E-state index in [1.54, 1.807) is 13.8 Å². The number of carboxylic acids is 1. The molecule has 19 heavy (non-hydrogen) atoms. The van der Waals surface area contributed by atoms with Crippen molar-refractivity contribution in [2.75, 3.05) is 6.54 Å². The smallest absolute Gasteiger partial charge is 0.309 e. The zero-order chi connectivity index (χ0) is 14.5. The summed E-state index contributed by atoms with van der Waals surface area (Å²) >= 11 is 3.44. The first-order chi connectivity index (χ1) is 8.83. The topological polar surface area (TPSA) is 66.4 Å². The Hall–Kier alpha value is -1.36. The van der Waals surface area contributed by atoms with Gasteiger partial charge in [0.25, 0.3) is 0 Å². The summed E-state index contributed by atoms with van der Waals surface area (Å²) in [5.74, 6) is -1.20. The van der Waals surface area contributed by atoms with E-state index >= 15 is 0 Å². The number of rotatable bonds is 6. The third-order valence-corrected chi connectivity index (χ3v) is 3.63. The summed E-state index contributed by atoms with van der Waals surface area (Å²) in [6.45, 7) is 3.59. The Morgan fingerprint density at radius 1 is 1.32 bits per heavy atom. The van der Waals surface area contributed by atoms with E-state index in [4.69, 9.17) is 5.11 Å². The van der Waals surface area contributed by atoms with Crippen LogP contribution in [0.5, 0.6) is 0 Å². The van der Waals surface area contributed by atoms with Crippen LogP contribution in [0.25, 0.3) is 0 Å². The number of benzene rings is 1. The Labute approximate surface area is 121 Å². The molecule has 1 amide bonds. The summed E-state index contributed by atoms with van der Waals surface area (Å²) in [7, 11) is 0. The highest BCUT2D eigenvalue weighted by Gasteiger charge is 2.29. The Morgan fingerprint density at radius 2 is 1.95 bits per heavy atom. The molecule has 0 atom stereocenters. The molecule has 0 aliphatic carbocycles. The number of hydrogen-bond donors (Lipinski definition) is 2. The van der Waals surface area contributed by atoms with Crippen molar-refractivity contribution in [1.82, 2.24) is 5.32 Å². The van der Waals surface area contributed by atoms with Crippen molar-refractivity contribution >= 4 is 27.8 Å². The second-order valence-electron chi connectivity index (χ2n) is 5.06. The fourth-order valence-corrected chi connectivity index (χ4v) is 2.06. The maximum absolute atomic E-state index is 11.7. The molecule has 0 aromatic heterocycles. The van der Waals surface area contributed by atoms with Crippen LogP contribution in [0.15, 0.2) is 28.7 Å². The van der Waals surface area contributed by atoms with E-state index in [0.717, 1.165) is 10.0 Å². The normalized spacial score (nSPS) is 11.1. The largest absolute Gasteiger partial charge is 0.481 e. The van der Waals surface area contributed by atoms with Gasteiger partial charge in [-0.25, -0.2) is 0 Å². The van der Waals surface area contributed by atoms with E-state index in [1.165, 1.54) is 0 Å². The number of carboxylic acid groups (broad SMARTS) is 1. The van der Waals surface area contributed by atoms with Gasteiger partial charge in [0.2, 0.25) is 5.91 Å². The van der Waals surface area contributed by atoms with Crippen LogP contribution < -0.4 is 5.32 Å². The first-order valence-corrected chi connectivity index (χ1v) is 6.86. The molecule has 0 saturated heterocycles. The summed E-state index contributed by atoms with van der Waals surface area (Å²) in [4.78, 5) is 22.6. The van der Waals surface area contributed by atoms with Crippen LogP contribution in [0.1, 0.15) is 25.8 Å². The van der Waals surface area contributed by atoms with E-state index in [1.807, 2.05) is 24.3 Å². The van der Waals surface area contributed by atoms with Crippen molar-refractivity contribution in [3.8, 4) is 0 Å². The Bertz CT molecular complexity index is 472. The minimum absolute atomic E-state index is 0.0156. The molecular weight excluding hydrogens is 310 g/mol. The van der Waals surface area contributed by atoms with E-state index < -0.39 is 11.4 Å². The molecule has 0 aliphatic rings. The highest BCUT2D eigenvalue weighted by Crippen LogP contribution is 2.20. The number of amides is 1. The average molecular weight is 328 g/mol. The lowest BCUT2D eigenvalue weighted by Crippen LogP contribution is -2.34. The molecule has 0 radical (unpaired) electrons. The van der Waals surface area contributed by atoms with E-state index in [9.17, 15) is 9.59 Å². The lowest BCUT2D eigenvalue weighted by molar-refractivity contribution is -0.149. The van der Waals surface area contributed by atoms with Gasteiger partial charge in [0.15, 0.2) is 0 Å². The third-order valence-electron chi connectivity index (χ3n) is 2.86. The predicted octanol–water partition coefficient (Wildman–Crippen LogP) is 2.61. The molecule has 0 spiro atoms. The van der Waals surface area contributed by atoms with Gasteiger partial charge in [-0.1, -0.05) is 34.1 Å². The van der Waals surface area contributed by atoms with E-state index in [2.05, 4.69) is 21.2 Å². The molecule has 4 nitrogen and oxygen atoms in total. The van der Waals surface area contributed by atoms with Gasteiger partial charge in [-0.15, -0.1) is 0 Å². The molecular formula is C14H18BrNO3. The Morgan fingerprint density at radius 3 is 2.53 bits per heavy atom. The van der Waals surface area contributed by atoms with Crippen LogP contribution in [-0.4, -0.2) is 23.5 Å². The van der Waals surface area contributed by atoms with Crippen molar-refractivity contribution in [2.24, 2.45) is 5.41 Å². The van der Waals surface area contributed by atoms with Crippen molar-refractivity contribution in [2.45, 2.75) is 26.7 Å². The van der Waals surface area contributed by atoms with Crippen LogP contribution in [0.4, 0.5) is 0 Å². The third kappa shape index (κ3) is 5.03. The van der Waals surface area contributed by atoms with Crippen molar-refractivity contribution in [3.63, 3.8) is 0 Å². The molecule has 5 heteroatoms. The molecule has 0 bridgehead atoms. The number of aliphatic carboxylic acids is 1. The predicted molar refractivity (Wildman–Crippen MR) is 76.9 cm³/mol. The number of carbonyl (C=O) groups excluding carboxylic acids is 1. The maximum atomic E-state index is 11.7. The molecule has 1 rings (SSSR count). The Kier molecular flexibility index (Phi) is 5.54. The summed E-state index contributed by atoms with van der Waals surface area (Å²) in [6, 6.07) is 7.80. The summed E-state index contributed by atoms with van der Waals surface area (Å²) < 4.78 is 1.01. The molecule has 0 unspecified atom stereocenters. The molecule has 0 aliphatic heterocycles.